The summed E-state index contributed by atoms with van der Waals surface area (Å²) in [6, 6.07) is 5.21. The summed E-state index contributed by atoms with van der Waals surface area (Å²) in [6.45, 7) is 0. The second-order valence-corrected chi connectivity index (χ2v) is 3.90. The monoisotopic (exact) mass is 254 g/mol. The van der Waals surface area contributed by atoms with Crippen LogP contribution in [0.3, 0.4) is 0 Å². The third-order valence-electron chi connectivity index (χ3n) is 2.09. The van der Waals surface area contributed by atoms with Gasteiger partial charge in [-0.3, -0.25) is 14.3 Å². The molecule has 0 saturated carbocycles. The van der Waals surface area contributed by atoms with E-state index in [0.29, 0.717) is 10.9 Å². The Labute approximate surface area is 87.3 Å². The molecule has 0 unspecified atom stereocenters. The van der Waals surface area contributed by atoms with E-state index in [1.165, 1.54) is 4.57 Å². The van der Waals surface area contributed by atoms with E-state index < -0.39 is 5.69 Å². The number of nitrogens with zero attached hydrogens (tertiary/aromatic N) is 1. The van der Waals surface area contributed by atoms with Crippen LogP contribution in [0.1, 0.15) is 0 Å². The van der Waals surface area contributed by atoms with Crippen LogP contribution in [0.2, 0.25) is 0 Å². The molecule has 0 aliphatic carbocycles. The van der Waals surface area contributed by atoms with Gasteiger partial charge in [0.25, 0.3) is 5.56 Å². The lowest BCUT2D eigenvalue weighted by Crippen LogP contribution is -2.28. The van der Waals surface area contributed by atoms with Crippen molar-refractivity contribution >= 4 is 26.8 Å². The molecule has 14 heavy (non-hydrogen) atoms. The Kier molecular flexibility index (Phi) is 2.03. The van der Waals surface area contributed by atoms with E-state index in [0.717, 1.165) is 4.47 Å². The summed E-state index contributed by atoms with van der Waals surface area (Å²) in [6.07, 6.45) is 0. The number of aromatic nitrogens is 2. The Morgan fingerprint density at radius 1 is 1.36 bits per heavy atom. The van der Waals surface area contributed by atoms with Crippen LogP contribution in [-0.2, 0) is 7.05 Å². The Bertz CT molecular complexity index is 612. The van der Waals surface area contributed by atoms with Crippen LogP contribution in [0.15, 0.2) is 32.3 Å². The molecule has 0 saturated heterocycles. The number of hydrogen-bond donors (Lipinski definition) is 1. The maximum absolute atomic E-state index is 11.4. The molecule has 0 spiro atoms. The van der Waals surface area contributed by atoms with Gasteiger partial charge in [-0.15, -0.1) is 0 Å². The fraction of sp³-hybridized carbons (Fsp3) is 0.111. The van der Waals surface area contributed by atoms with Crippen LogP contribution in [0.5, 0.6) is 0 Å². The Balaban J connectivity index is 3.10. The van der Waals surface area contributed by atoms with Gasteiger partial charge in [-0.25, -0.2) is 4.79 Å². The molecular formula is C9H7BrN2O2. The van der Waals surface area contributed by atoms with Crippen LogP contribution < -0.4 is 11.2 Å². The maximum Gasteiger partial charge on any atom is 0.328 e. The smallest absolute Gasteiger partial charge is 0.296 e. The molecule has 0 atom stereocenters. The summed E-state index contributed by atoms with van der Waals surface area (Å²) < 4.78 is 2.22. The van der Waals surface area contributed by atoms with Gasteiger partial charge in [0.2, 0.25) is 0 Å². The lowest BCUT2D eigenvalue weighted by Gasteiger charge is -2.02. The molecule has 72 valence electrons. The summed E-state index contributed by atoms with van der Waals surface area (Å²) in [7, 11) is 1.62. The van der Waals surface area contributed by atoms with Crippen LogP contribution in [0, 0.1) is 0 Å². The van der Waals surface area contributed by atoms with E-state index in [1.807, 2.05) is 0 Å². The zero-order chi connectivity index (χ0) is 10.3. The Morgan fingerprint density at radius 3 is 2.79 bits per heavy atom. The number of nitrogens with one attached hydrogen (secondary N) is 1. The zero-order valence-electron chi connectivity index (χ0n) is 7.37. The van der Waals surface area contributed by atoms with Gasteiger partial charge in [0.1, 0.15) is 0 Å². The minimum Gasteiger partial charge on any atom is -0.296 e. The highest BCUT2D eigenvalue weighted by atomic mass is 79.9. The van der Waals surface area contributed by atoms with Crippen molar-refractivity contribution in [1.82, 2.24) is 9.55 Å². The van der Waals surface area contributed by atoms with E-state index in [2.05, 4.69) is 20.9 Å². The summed E-state index contributed by atoms with van der Waals surface area (Å²) >= 11 is 3.27. The predicted molar refractivity (Wildman–Crippen MR) is 57.5 cm³/mol. The summed E-state index contributed by atoms with van der Waals surface area (Å²) in [5, 5.41) is 0.501. The molecule has 0 aliphatic heterocycles. The van der Waals surface area contributed by atoms with Gasteiger partial charge in [-0.05, 0) is 18.2 Å². The molecule has 1 N–H and O–H groups in total. The Hall–Kier alpha value is -1.36. The minimum atomic E-state index is -0.398. The number of H-pyrrole nitrogens is 1. The minimum absolute atomic E-state index is 0.357. The number of fused-ring (bicyclic) bond motifs is 1. The van der Waals surface area contributed by atoms with E-state index in [-0.39, 0.29) is 5.56 Å². The van der Waals surface area contributed by atoms with Crippen molar-refractivity contribution in [3.63, 3.8) is 0 Å². The molecule has 1 heterocycles. The molecule has 4 nitrogen and oxygen atoms in total. The highest BCUT2D eigenvalue weighted by molar-refractivity contribution is 9.10. The second-order valence-electron chi connectivity index (χ2n) is 2.98. The molecule has 1 aromatic carbocycles. The van der Waals surface area contributed by atoms with E-state index in [1.54, 1.807) is 25.2 Å². The highest BCUT2D eigenvalue weighted by Crippen LogP contribution is 2.14. The van der Waals surface area contributed by atoms with Crippen LogP contribution in [-0.4, -0.2) is 9.55 Å². The molecule has 0 bridgehead atoms. The molecular weight excluding hydrogens is 248 g/mol. The molecule has 0 fully saturated rings. The fourth-order valence-corrected chi connectivity index (χ4v) is 1.70. The van der Waals surface area contributed by atoms with Gasteiger partial charge in [-0.2, -0.15) is 0 Å². The van der Waals surface area contributed by atoms with E-state index in [4.69, 9.17) is 0 Å². The summed E-state index contributed by atoms with van der Waals surface area (Å²) in [4.78, 5) is 24.9. The number of hydrogen-bond acceptors (Lipinski definition) is 2. The molecule has 1 aromatic heterocycles. The van der Waals surface area contributed by atoms with Gasteiger partial charge in [0.15, 0.2) is 0 Å². The first-order chi connectivity index (χ1) is 6.59. The molecule has 0 amide bonds. The number of rotatable bonds is 0. The van der Waals surface area contributed by atoms with Gasteiger partial charge < -0.3 is 0 Å². The molecule has 0 radical (unpaired) electrons. The highest BCUT2D eigenvalue weighted by Gasteiger charge is 2.03. The van der Waals surface area contributed by atoms with Crippen molar-refractivity contribution in [2.45, 2.75) is 0 Å². The summed E-state index contributed by atoms with van der Waals surface area (Å²) in [5.74, 6) is 0. The lowest BCUT2D eigenvalue weighted by atomic mass is 10.2. The number of benzene rings is 1. The number of aryl methyl sites for hydroxylation is 1. The quantitative estimate of drug-likeness (QED) is 0.763. The van der Waals surface area contributed by atoms with Crippen molar-refractivity contribution in [2.75, 3.05) is 0 Å². The van der Waals surface area contributed by atoms with Crippen molar-refractivity contribution in [3.8, 4) is 0 Å². The van der Waals surface area contributed by atoms with Crippen LogP contribution >= 0.6 is 15.9 Å². The first kappa shape index (κ1) is 9.21. The zero-order valence-corrected chi connectivity index (χ0v) is 8.96. The average Bonchev–Trinajstić information content (AvgIpc) is 2.14. The number of halogens is 1. The standard InChI is InChI=1S/C9H7BrN2O2/c1-12-7-3-2-5(10)4-6(7)8(13)11-9(12)14/h2-4H,1H3,(H,11,13,14). The van der Waals surface area contributed by atoms with Gasteiger partial charge in [0.05, 0.1) is 10.9 Å². The van der Waals surface area contributed by atoms with Crippen molar-refractivity contribution < 1.29 is 0 Å². The first-order valence-corrected chi connectivity index (χ1v) is 4.77. The molecule has 2 rings (SSSR count). The van der Waals surface area contributed by atoms with Gasteiger partial charge >= 0.3 is 5.69 Å². The maximum atomic E-state index is 11.4. The first-order valence-electron chi connectivity index (χ1n) is 3.98. The summed E-state index contributed by atoms with van der Waals surface area (Å²) in [5.41, 5.74) is -0.129. The topological polar surface area (TPSA) is 54.9 Å². The lowest BCUT2D eigenvalue weighted by molar-refractivity contribution is 0.843. The average molecular weight is 255 g/mol. The Morgan fingerprint density at radius 2 is 2.07 bits per heavy atom. The second kappa shape index (κ2) is 3.09. The van der Waals surface area contributed by atoms with Gasteiger partial charge in [-0.1, -0.05) is 15.9 Å². The SMILES string of the molecule is Cn1c(=O)[nH]c(=O)c2cc(Br)ccc21. The number of aromatic amines is 1. The molecule has 0 aliphatic rings. The third kappa shape index (κ3) is 1.29. The van der Waals surface area contributed by atoms with E-state index in [9.17, 15) is 9.59 Å². The molecule has 2 aromatic rings. The van der Waals surface area contributed by atoms with Crippen molar-refractivity contribution in [3.05, 3.63) is 43.5 Å². The van der Waals surface area contributed by atoms with Crippen LogP contribution in [0.25, 0.3) is 10.9 Å². The molecule has 5 heteroatoms. The van der Waals surface area contributed by atoms with Crippen molar-refractivity contribution in [1.29, 1.82) is 0 Å². The van der Waals surface area contributed by atoms with Crippen LogP contribution in [0.4, 0.5) is 0 Å². The third-order valence-corrected chi connectivity index (χ3v) is 2.58. The van der Waals surface area contributed by atoms with E-state index >= 15 is 0 Å². The largest absolute Gasteiger partial charge is 0.328 e. The van der Waals surface area contributed by atoms with Crippen molar-refractivity contribution in [2.24, 2.45) is 7.05 Å². The predicted octanol–water partition coefficient (Wildman–Crippen LogP) is 0.989. The fourth-order valence-electron chi connectivity index (χ4n) is 1.34. The van der Waals surface area contributed by atoms with Gasteiger partial charge in [0, 0.05) is 11.5 Å². The normalized spacial score (nSPS) is 10.7.